The Kier molecular flexibility index (Phi) is 4.99. The Morgan fingerprint density at radius 1 is 1.52 bits per heavy atom. The largest absolute Gasteiger partial charge is 0.391 e. The summed E-state index contributed by atoms with van der Waals surface area (Å²) in [4.78, 5) is 12.4. The van der Waals surface area contributed by atoms with Crippen molar-refractivity contribution in [3.63, 3.8) is 0 Å². The van der Waals surface area contributed by atoms with Gasteiger partial charge in [-0.3, -0.25) is 4.79 Å². The number of aliphatic hydroxyl groups excluding tert-OH is 1. The quantitative estimate of drug-likeness (QED) is 0.662. The molecule has 3 N–H and O–H groups in total. The Bertz CT molecular complexity index is 612. The van der Waals surface area contributed by atoms with Crippen LogP contribution in [0.3, 0.4) is 0 Å². The first-order valence-corrected chi connectivity index (χ1v) is 8.83. The zero-order valence-electron chi connectivity index (χ0n) is 11.9. The van der Waals surface area contributed by atoms with Crippen LogP contribution in [0.15, 0.2) is 16.3 Å². The number of nitrogens with one attached hydrogen (secondary N) is 2. The lowest BCUT2D eigenvalue weighted by Crippen LogP contribution is -2.35. The second kappa shape index (κ2) is 6.41. The molecule has 1 aliphatic rings. The van der Waals surface area contributed by atoms with Crippen LogP contribution in [0.1, 0.15) is 9.67 Å². The molecule has 0 aliphatic carbocycles. The summed E-state index contributed by atoms with van der Waals surface area (Å²) >= 11 is 1.09. The van der Waals surface area contributed by atoms with E-state index in [0.29, 0.717) is 19.6 Å². The highest BCUT2D eigenvalue weighted by atomic mass is 32.2. The number of nitrogens with zero attached hydrogens (tertiary/aromatic N) is 1. The number of β-amino-alcohol motifs (C(OH)–C–C–N with tert-alkyl or cyclic N) is 1. The minimum absolute atomic E-state index is 0.0140. The maximum atomic E-state index is 12.2. The summed E-state index contributed by atoms with van der Waals surface area (Å²) in [5.41, 5.74) is 0. The molecule has 1 amide bonds. The summed E-state index contributed by atoms with van der Waals surface area (Å²) in [7, 11) is -0.784. The van der Waals surface area contributed by atoms with E-state index in [1.807, 2.05) is 0 Å². The molecule has 1 fully saturated rings. The predicted molar refractivity (Wildman–Crippen MR) is 79.9 cm³/mol. The van der Waals surface area contributed by atoms with Gasteiger partial charge in [-0.1, -0.05) is 0 Å². The van der Waals surface area contributed by atoms with E-state index in [4.69, 9.17) is 0 Å². The first-order valence-electron chi connectivity index (χ1n) is 6.51. The van der Waals surface area contributed by atoms with Crippen molar-refractivity contribution < 1.29 is 18.3 Å². The van der Waals surface area contributed by atoms with E-state index >= 15 is 0 Å². The zero-order chi connectivity index (χ0) is 15.6. The van der Waals surface area contributed by atoms with Gasteiger partial charge < -0.3 is 15.7 Å². The second-order valence-electron chi connectivity index (χ2n) is 5.10. The number of amides is 1. The fourth-order valence-electron chi connectivity index (χ4n) is 2.09. The number of carbonyl (C=O) groups excluding carboxylic acids is 1. The van der Waals surface area contributed by atoms with Crippen molar-refractivity contribution in [2.45, 2.75) is 11.0 Å². The fraction of sp³-hybridized carbons (Fsp3) is 0.583. The van der Waals surface area contributed by atoms with Crippen molar-refractivity contribution in [3.8, 4) is 0 Å². The lowest BCUT2D eigenvalue weighted by Gasteiger charge is -2.15. The molecule has 2 unspecified atom stereocenters. The Morgan fingerprint density at radius 2 is 2.24 bits per heavy atom. The van der Waals surface area contributed by atoms with Crippen molar-refractivity contribution in [2.75, 3.05) is 33.7 Å². The third-order valence-corrected chi connectivity index (χ3v) is 6.32. The lowest BCUT2D eigenvalue weighted by molar-refractivity contribution is 0.0928. The van der Waals surface area contributed by atoms with Crippen LogP contribution in [0, 0.1) is 5.92 Å². The van der Waals surface area contributed by atoms with E-state index < -0.39 is 22.0 Å². The van der Waals surface area contributed by atoms with E-state index in [2.05, 4.69) is 10.6 Å². The van der Waals surface area contributed by atoms with Crippen LogP contribution in [0.2, 0.25) is 0 Å². The molecule has 0 spiro atoms. The van der Waals surface area contributed by atoms with Crippen LogP contribution in [0.4, 0.5) is 0 Å². The molecule has 9 heteroatoms. The number of sulfonamides is 1. The first kappa shape index (κ1) is 16.4. The summed E-state index contributed by atoms with van der Waals surface area (Å²) in [5, 5.41) is 17.0. The lowest BCUT2D eigenvalue weighted by atomic mass is 10.1. The average molecular weight is 333 g/mol. The molecule has 0 saturated carbocycles. The van der Waals surface area contributed by atoms with Crippen molar-refractivity contribution in [2.24, 2.45) is 5.92 Å². The van der Waals surface area contributed by atoms with Gasteiger partial charge in [-0.25, -0.2) is 12.7 Å². The van der Waals surface area contributed by atoms with E-state index in [-0.39, 0.29) is 15.7 Å². The van der Waals surface area contributed by atoms with Crippen molar-refractivity contribution in [1.82, 2.24) is 14.9 Å². The SMILES string of the molecule is CN(C)S(=O)(=O)c1ccsc1C(=O)NCC1CNCC1O. The van der Waals surface area contributed by atoms with E-state index in [9.17, 15) is 18.3 Å². The average Bonchev–Trinajstić information content (AvgIpc) is 3.04. The molecule has 0 radical (unpaired) electrons. The summed E-state index contributed by atoms with van der Waals surface area (Å²) in [6.07, 6.45) is -0.487. The first-order chi connectivity index (χ1) is 9.84. The Labute approximate surface area is 128 Å². The molecule has 2 heterocycles. The molecule has 7 nitrogen and oxygen atoms in total. The van der Waals surface area contributed by atoms with Gasteiger partial charge in [-0.2, -0.15) is 0 Å². The van der Waals surface area contributed by atoms with Gasteiger partial charge in [-0.05, 0) is 11.4 Å². The van der Waals surface area contributed by atoms with Gasteiger partial charge in [0, 0.05) is 39.6 Å². The number of hydrogen-bond donors (Lipinski definition) is 3. The highest BCUT2D eigenvalue weighted by molar-refractivity contribution is 7.89. The molecule has 2 rings (SSSR count). The van der Waals surface area contributed by atoms with Crippen molar-refractivity contribution in [3.05, 3.63) is 16.3 Å². The minimum atomic E-state index is -3.64. The maximum Gasteiger partial charge on any atom is 0.262 e. The summed E-state index contributed by atoms with van der Waals surface area (Å²) < 4.78 is 25.3. The smallest absolute Gasteiger partial charge is 0.262 e. The van der Waals surface area contributed by atoms with Gasteiger partial charge in [-0.15, -0.1) is 11.3 Å². The number of aliphatic hydroxyl groups is 1. The second-order valence-corrected chi connectivity index (χ2v) is 8.13. The van der Waals surface area contributed by atoms with Crippen LogP contribution >= 0.6 is 11.3 Å². The van der Waals surface area contributed by atoms with Gasteiger partial charge in [0.2, 0.25) is 10.0 Å². The zero-order valence-corrected chi connectivity index (χ0v) is 13.5. The highest BCUT2D eigenvalue weighted by Crippen LogP contribution is 2.24. The third-order valence-electron chi connectivity index (χ3n) is 3.42. The van der Waals surface area contributed by atoms with E-state index in [1.54, 1.807) is 5.38 Å². The number of hydrogen-bond acceptors (Lipinski definition) is 6. The van der Waals surface area contributed by atoms with Gasteiger partial charge in [0.25, 0.3) is 5.91 Å². The molecular formula is C12H19N3O4S2. The van der Waals surface area contributed by atoms with Crippen molar-refractivity contribution in [1.29, 1.82) is 0 Å². The molecule has 1 saturated heterocycles. The summed E-state index contributed by atoms with van der Waals surface area (Å²) in [5.74, 6) is -0.479. The minimum Gasteiger partial charge on any atom is -0.391 e. The summed E-state index contributed by atoms with van der Waals surface area (Å²) in [6, 6.07) is 1.43. The fourth-order valence-corrected chi connectivity index (χ4v) is 4.30. The maximum absolute atomic E-state index is 12.2. The highest BCUT2D eigenvalue weighted by Gasteiger charge is 2.28. The summed E-state index contributed by atoms with van der Waals surface area (Å²) in [6.45, 7) is 1.46. The molecular weight excluding hydrogens is 314 g/mol. The predicted octanol–water partition coefficient (Wildman–Crippen LogP) is -0.691. The van der Waals surface area contributed by atoms with Crippen LogP contribution in [0.5, 0.6) is 0 Å². The standard InChI is InChI=1S/C12H19N3O4S2/c1-15(2)21(18,19)10-3-4-20-11(10)12(17)14-6-8-5-13-7-9(8)16/h3-4,8-9,13,16H,5-7H2,1-2H3,(H,14,17). The Hall–Kier alpha value is -1.00. The topological polar surface area (TPSA) is 98.7 Å². The van der Waals surface area contributed by atoms with Crippen LogP contribution in [-0.4, -0.2) is 63.6 Å². The molecule has 2 atom stereocenters. The molecule has 1 aromatic heterocycles. The number of carbonyl (C=O) groups is 1. The van der Waals surface area contributed by atoms with Crippen LogP contribution < -0.4 is 10.6 Å². The van der Waals surface area contributed by atoms with Gasteiger partial charge in [0.15, 0.2) is 0 Å². The number of thiophene rings is 1. The Morgan fingerprint density at radius 3 is 2.81 bits per heavy atom. The third kappa shape index (κ3) is 3.43. The van der Waals surface area contributed by atoms with Crippen molar-refractivity contribution >= 4 is 27.3 Å². The van der Waals surface area contributed by atoms with Gasteiger partial charge in [0.05, 0.1) is 6.10 Å². The van der Waals surface area contributed by atoms with Crippen LogP contribution in [0.25, 0.3) is 0 Å². The molecule has 0 bridgehead atoms. The molecule has 1 aromatic rings. The molecule has 118 valence electrons. The van der Waals surface area contributed by atoms with E-state index in [1.165, 1.54) is 20.2 Å². The Balaban J connectivity index is 2.09. The molecule has 0 aromatic carbocycles. The van der Waals surface area contributed by atoms with Crippen LogP contribution in [-0.2, 0) is 10.0 Å². The molecule has 21 heavy (non-hydrogen) atoms. The number of rotatable bonds is 5. The van der Waals surface area contributed by atoms with E-state index in [0.717, 1.165) is 15.6 Å². The molecule has 1 aliphatic heterocycles. The van der Waals surface area contributed by atoms with Gasteiger partial charge >= 0.3 is 0 Å². The monoisotopic (exact) mass is 333 g/mol. The normalized spacial score (nSPS) is 22.7. The van der Waals surface area contributed by atoms with Gasteiger partial charge in [0.1, 0.15) is 9.77 Å².